The smallest absolute Gasteiger partial charge is 0.268 e. The molecule has 0 saturated heterocycles. The van der Waals surface area contributed by atoms with Gasteiger partial charge in [0, 0.05) is 17.7 Å². The minimum atomic E-state index is -0.252. The van der Waals surface area contributed by atoms with Gasteiger partial charge < -0.3 is 5.32 Å². The van der Waals surface area contributed by atoms with Crippen molar-refractivity contribution in [1.82, 2.24) is 15.7 Å². The summed E-state index contributed by atoms with van der Waals surface area (Å²) in [4.78, 5) is 28.5. The van der Waals surface area contributed by atoms with Crippen LogP contribution in [0.5, 0.6) is 0 Å². The molecule has 102 valence electrons. The Bertz CT molecular complexity index is 550. The lowest BCUT2D eigenvalue weighted by Crippen LogP contribution is -2.38. The molecule has 0 aliphatic carbocycles. The Labute approximate surface area is 115 Å². The predicted octanol–water partition coefficient (Wildman–Crippen LogP) is 1.20. The summed E-state index contributed by atoms with van der Waals surface area (Å²) in [7, 11) is 0. The number of nitrogens with one attached hydrogen (secondary N) is 2. The van der Waals surface area contributed by atoms with Gasteiger partial charge in [-0.2, -0.15) is 5.10 Å². The van der Waals surface area contributed by atoms with Crippen molar-refractivity contribution in [3.63, 3.8) is 0 Å². The summed E-state index contributed by atoms with van der Waals surface area (Å²) >= 11 is 1.61. The molecule has 2 rings (SSSR count). The van der Waals surface area contributed by atoms with Gasteiger partial charge in [0.05, 0.1) is 16.7 Å². The Morgan fingerprint density at radius 3 is 2.68 bits per heavy atom. The summed E-state index contributed by atoms with van der Waals surface area (Å²) < 4.78 is 0. The van der Waals surface area contributed by atoms with Gasteiger partial charge in [-0.05, 0) is 20.8 Å². The largest absolute Gasteiger partial charge is 0.343 e. The van der Waals surface area contributed by atoms with E-state index in [1.165, 1.54) is 0 Å². The second-order valence-corrected chi connectivity index (χ2v) is 5.87. The normalized spacial score (nSPS) is 16.6. The highest BCUT2D eigenvalue weighted by Gasteiger charge is 2.21. The third-order valence-corrected chi connectivity index (χ3v) is 3.77. The van der Waals surface area contributed by atoms with Crippen molar-refractivity contribution in [1.29, 1.82) is 0 Å². The van der Waals surface area contributed by atoms with Crippen LogP contribution >= 0.6 is 11.3 Å². The zero-order chi connectivity index (χ0) is 14.0. The van der Waals surface area contributed by atoms with Crippen molar-refractivity contribution in [2.75, 3.05) is 0 Å². The Morgan fingerprint density at radius 1 is 1.42 bits per heavy atom. The van der Waals surface area contributed by atoms with Crippen LogP contribution in [-0.4, -0.2) is 22.5 Å². The molecule has 1 aromatic heterocycles. The minimum absolute atomic E-state index is 0.157. The zero-order valence-corrected chi connectivity index (χ0v) is 11.9. The van der Waals surface area contributed by atoms with Crippen LogP contribution in [0, 0.1) is 13.8 Å². The summed E-state index contributed by atoms with van der Waals surface area (Å²) in [5, 5.41) is 7.61. The maximum atomic E-state index is 12.0. The maximum Gasteiger partial charge on any atom is 0.268 e. The van der Waals surface area contributed by atoms with Crippen molar-refractivity contribution < 1.29 is 9.59 Å². The number of amides is 2. The second kappa shape index (κ2) is 5.48. The van der Waals surface area contributed by atoms with E-state index in [0.717, 1.165) is 15.6 Å². The maximum absolute atomic E-state index is 12.0. The number of hydrazone groups is 1. The Kier molecular flexibility index (Phi) is 3.94. The summed E-state index contributed by atoms with van der Waals surface area (Å²) in [6.45, 7) is 5.82. The van der Waals surface area contributed by atoms with E-state index in [1.54, 1.807) is 11.3 Å². The Balaban J connectivity index is 2.03. The highest BCUT2D eigenvalue weighted by atomic mass is 32.1. The molecule has 2 amide bonds. The molecule has 0 fully saturated rings. The molecule has 0 bridgehead atoms. The molecule has 1 unspecified atom stereocenters. The summed E-state index contributed by atoms with van der Waals surface area (Å²) in [5.74, 6) is -0.409. The first-order chi connectivity index (χ1) is 8.97. The first-order valence-corrected chi connectivity index (χ1v) is 6.89. The number of hydrogen-bond donors (Lipinski definition) is 2. The first kappa shape index (κ1) is 13.7. The molecule has 1 aliphatic heterocycles. The van der Waals surface area contributed by atoms with Gasteiger partial charge in [-0.1, -0.05) is 0 Å². The van der Waals surface area contributed by atoms with Crippen molar-refractivity contribution in [2.24, 2.45) is 5.10 Å². The standard InChI is InChI=1S/C12H16N4O2S/c1-6(11-7(2)19-8(3)14-11)13-12(18)9-4-5-10(17)16-15-9/h6H,4-5H2,1-3H3,(H,13,18)(H,16,17). The fourth-order valence-electron chi connectivity index (χ4n) is 1.93. The number of hydrogen-bond acceptors (Lipinski definition) is 5. The number of thiazole rings is 1. The lowest BCUT2D eigenvalue weighted by molar-refractivity contribution is -0.121. The molecule has 19 heavy (non-hydrogen) atoms. The third-order valence-electron chi connectivity index (χ3n) is 2.86. The number of rotatable bonds is 3. The van der Waals surface area contributed by atoms with Gasteiger partial charge in [-0.15, -0.1) is 11.3 Å². The Morgan fingerprint density at radius 2 is 2.16 bits per heavy atom. The lowest BCUT2D eigenvalue weighted by atomic mass is 10.1. The number of carbonyl (C=O) groups is 2. The molecular formula is C12H16N4O2S. The van der Waals surface area contributed by atoms with E-state index >= 15 is 0 Å². The molecule has 1 atom stereocenters. The van der Waals surface area contributed by atoms with Crippen LogP contribution in [0.3, 0.4) is 0 Å². The van der Waals surface area contributed by atoms with Crippen LogP contribution in [0.2, 0.25) is 0 Å². The average molecular weight is 280 g/mol. The zero-order valence-electron chi connectivity index (χ0n) is 11.1. The van der Waals surface area contributed by atoms with Gasteiger partial charge in [0.2, 0.25) is 5.91 Å². The van der Waals surface area contributed by atoms with E-state index in [2.05, 4.69) is 20.8 Å². The number of aromatic nitrogens is 1. The Hall–Kier alpha value is -1.76. The van der Waals surface area contributed by atoms with Crippen LogP contribution < -0.4 is 10.7 Å². The van der Waals surface area contributed by atoms with E-state index < -0.39 is 0 Å². The van der Waals surface area contributed by atoms with Crippen LogP contribution in [0.15, 0.2) is 5.10 Å². The molecule has 2 heterocycles. The molecule has 1 aliphatic rings. The summed E-state index contributed by atoms with van der Waals surface area (Å²) in [6.07, 6.45) is 0.676. The van der Waals surface area contributed by atoms with Crippen LogP contribution in [0.4, 0.5) is 0 Å². The van der Waals surface area contributed by atoms with Crippen LogP contribution in [-0.2, 0) is 9.59 Å². The van der Waals surface area contributed by atoms with E-state index in [9.17, 15) is 9.59 Å². The van der Waals surface area contributed by atoms with E-state index in [4.69, 9.17) is 0 Å². The van der Waals surface area contributed by atoms with E-state index in [0.29, 0.717) is 18.6 Å². The minimum Gasteiger partial charge on any atom is -0.343 e. The summed E-state index contributed by atoms with van der Waals surface area (Å²) in [6, 6.07) is -0.169. The molecule has 1 aromatic rings. The van der Waals surface area contributed by atoms with Gasteiger partial charge in [-0.25, -0.2) is 10.4 Å². The third kappa shape index (κ3) is 3.17. The first-order valence-electron chi connectivity index (χ1n) is 6.07. The summed E-state index contributed by atoms with van der Waals surface area (Å²) in [5.41, 5.74) is 3.56. The SMILES string of the molecule is Cc1nc(C(C)NC(=O)C2=NNC(=O)CC2)c(C)s1. The van der Waals surface area contributed by atoms with Gasteiger partial charge in [-0.3, -0.25) is 9.59 Å². The molecule has 6 nitrogen and oxygen atoms in total. The second-order valence-electron chi connectivity index (χ2n) is 4.46. The van der Waals surface area contributed by atoms with E-state index in [-0.39, 0.29) is 17.9 Å². The van der Waals surface area contributed by atoms with Crippen molar-refractivity contribution in [2.45, 2.75) is 39.7 Å². The predicted molar refractivity (Wildman–Crippen MR) is 73.0 cm³/mol. The highest BCUT2D eigenvalue weighted by Crippen LogP contribution is 2.22. The van der Waals surface area contributed by atoms with Crippen molar-refractivity contribution >= 4 is 28.9 Å². The fourth-order valence-corrected chi connectivity index (χ4v) is 2.85. The van der Waals surface area contributed by atoms with Gasteiger partial charge in [0.1, 0.15) is 5.71 Å². The van der Waals surface area contributed by atoms with Crippen LogP contribution in [0.25, 0.3) is 0 Å². The van der Waals surface area contributed by atoms with Gasteiger partial charge >= 0.3 is 0 Å². The molecule has 2 N–H and O–H groups in total. The van der Waals surface area contributed by atoms with Crippen LogP contribution in [0.1, 0.15) is 41.4 Å². The number of nitrogens with zero attached hydrogens (tertiary/aromatic N) is 2. The molecule has 0 saturated carbocycles. The van der Waals surface area contributed by atoms with Crippen molar-refractivity contribution in [3.8, 4) is 0 Å². The topological polar surface area (TPSA) is 83.4 Å². The van der Waals surface area contributed by atoms with Crippen molar-refractivity contribution in [3.05, 3.63) is 15.6 Å². The lowest BCUT2D eigenvalue weighted by Gasteiger charge is -2.15. The van der Waals surface area contributed by atoms with Gasteiger partial charge in [0.15, 0.2) is 0 Å². The number of aryl methyl sites for hydroxylation is 2. The quantitative estimate of drug-likeness (QED) is 0.872. The van der Waals surface area contributed by atoms with Gasteiger partial charge in [0.25, 0.3) is 5.91 Å². The molecular weight excluding hydrogens is 264 g/mol. The molecule has 0 aromatic carbocycles. The number of carbonyl (C=O) groups excluding carboxylic acids is 2. The monoisotopic (exact) mass is 280 g/mol. The molecule has 0 radical (unpaired) electrons. The highest BCUT2D eigenvalue weighted by molar-refractivity contribution is 7.11. The van der Waals surface area contributed by atoms with E-state index in [1.807, 2.05) is 20.8 Å². The molecule has 0 spiro atoms. The average Bonchev–Trinajstić information content (AvgIpc) is 2.69. The molecule has 7 heteroatoms. The fraction of sp³-hybridized carbons (Fsp3) is 0.500.